The summed E-state index contributed by atoms with van der Waals surface area (Å²) in [7, 11) is 0. The predicted molar refractivity (Wildman–Crippen MR) is 127 cm³/mol. The molecule has 0 fully saturated rings. The first kappa shape index (κ1) is 30.4. The standard InChI is InChI=1S/C22H16Cl2F6N2O3.C2H6/c1-11-4-12(2-3-17(11)19(34)31-10-16(33)8-21(25,26)27)18-9-20(35-32-18,22(28,29)30)13-5-14(23)7-15(24)6-13;1-2/h2-7H,8-10H2,1H3,(H,31,34);1-2H3. The molecule has 37 heavy (non-hydrogen) atoms. The Morgan fingerprint density at radius 2 is 1.62 bits per heavy atom. The van der Waals surface area contributed by atoms with Crippen molar-refractivity contribution in [2.75, 3.05) is 6.54 Å². The Bertz CT molecular complexity index is 1180. The molecule has 0 aliphatic carbocycles. The van der Waals surface area contributed by atoms with Gasteiger partial charge >= 0.3 is 12.4 Å². The fourth-order valence-electron chi connectivity index (χ4n) is 3.50. The number of hydrogen-bond donors (Lipinski definition) is 1. The zero-order valence-electron chi connectivity index (χ0n) is 19.8. The van der Waals surface area contributed by atoms with E-state index in [1.165, 1.54) is 31.2 Å². The summed E-state index contributed by atoms with van der Waals surface area (Å²) in [6, 6.07) is 7.40. The molecule has 1 aliphatic heterocycles. The maximum atomic E-state index is 14.1. The van der Waals surface area contributed by atoms with E-state index < -0.39 is 49.0 Å². The molecular formula is C24H22Cl2F6N2O3. The SMILES string of the molecule is CC.Cc1cc(C2=NOC(c3cc(Cl)cc(Cl)c3)(C(F)(F)F)C2)ccc1C(=O)NCC(=O)CC(F)(F)F. The lowest BCUT2D eigenvalue weighted by molar-refractivity contribution is -0.275. The quantitative estimate of drug-likeness (QED) is 0.374. The van der Waals surface area contributed by atoms with Crippen molar-refractivity contribution in [1.29, 1.82) is 0 Å². The van der Waals surface area contributed by atoms with Crippen LogP contribution in [0.5, 0.6) is 0 Å². The number of nitrogens with one attached hydrogen (secondary N) is 1. The molecule has 2 aromatic carbocycles. The average molecular weight is 571 g/mol. The van der Waals surface area contributed by atoms with Gasteiger partial charge in [0.1, 0.15) is 6.42 Å². The van der Waals surface area contributed by atoms with Crippen LogP contribution in [0.3, 0.4) is 0 Å². The number of aryl methyl sites for hydroxylation is 1. The summed E-state index contributed by atoms with van der Waals surface area (Å²) in [5.41, 5.74) is -2.68. The Labute approximate surface area is 218 Å². The summed E-state index contributed by atoms with van der Waals surface area (Å²) < 4.78 is 79.1. The smallest absolute Gasteiger partial charge is 0.374 e. The number of carbonyl (C=O) groups excluding carboxylic acids is 2. The Morgan fingerprint density at radius 1 is 1.03 bits per heavy atom. The largest absolute Gasteiger partial charge is 0.435 e. The van der Waals surface area contributed by atoms with Gasteiger partial charge in [-0.1, -0.05) is 48.3 Å². The molecule has 1 aliphatic rings. The lowest BCUT2D eigenvalue weighted by Crippen LogP contribution is -2.42. The minimum Gasteiger partial charge on any atom is -0.374 e. The molecule has 1 heterocycles. The first-order chi connectivity index (χ1) is 17.1. The third-order valence-corrected chi connectivity index (χ3v) is 5.60. The summed E-state index contributed by atoms with van der Waals surface area (Å²) in [6.45, 7) is 4.65. The zero-order valence-corrected chi connectivity index (χ0v) is 21.3. The van der Waals surface area contributed by atoms with Crippen LogP contribution in [0.25, 0.3) is 0 Å². The second-order valence-corrected chi connectivity index (χ2v) is 8.70. The van der Waals surface area contributed by atoms with E-state index in [9.17, 15) is 35.9 Å². The number of nitrogens with zero attached hydrogens (tertiary/aromatic N) is 1. The van der Waals surface area contributed by atoms with Crippen LogP contribution in [-0.2, 0) is 15.2 Å². The number of alkyl halides is 6. The van der Waals surface area contributed by atoms with Crippen molar-refractivity contribution in [3.8, 4) is 0 Å². The van der Waals surface area contributed by atoms with Crippen LogP contribution in [0.2, 0.25) is 10.0 Å². The molecule has 13 heteroatoms. The van der Waals surface area contributed by atoms with Crippen molar-refractivity contribution in [3.05, 3.63) is 68.7 Å². The fourth-order valence-corrected chi connectivity index (χ4v) is 4.03. The summed E-state index contributed by atoms with van der Waals surface area (Å²) >= 11 is 11.8. The van der Waals surface area contributed by atoms with E-state index >= 15 is 0 Å². The molecule has 1 atom stereocenters. The Hall–Kier alpha value is -2.79. The third-order valence-electron chi connectivity index (χ3n) is 5.16. The molecule has 0 bridgehead atoms. The molecule has 1 N–H and O–H groups in total. The van der Waals surface area contributed by atoms with E-state index in [1.807, 2.05) is 13.8 Å². The highest BCUT2D eigenvalue weighted by atomic mass is 35.5. The number of carbonyl (C=O) groups is 2. The molecule has 0 radical (unpaired) electrons. The van der Waals surface area contributed by atoms with E-state index in [1.54, 1.807) is 0 Å². The van der Waals surface area contributed by atoms with Crippen LogP contribution in [0.15, 0.2) is 41.6 Å². The molecule has 0 saturated carbocycles. The summed E-state index contributed by atoms with van der Waals surface area (Å²) in [5.74, 6) is -2.03. The van der Waals surface area contributed by atoms with Gasteiger partial charge in [0.25, 0.3) is 11.5 Å². The van der Waals surface area contributed by atoms with Crippen LogP contribution in [0, 0.1) is 6.92 Å². The molecule has 3 rings (SSSR count). The van der Waals surface area contributed by atoms with Gasteiger partial charge in [0.15, 0.2) is 5.78 Å². The lowest BCUT2D eigenvalue weighted by Gasteiger charge is -2.29. The minimum atomic E-state index is -4.88. The summed E-state index contributed by atoms with van der Waals surface area (Å²) in [6.07, 6.45) is -12.0. The number of oxime groups is 1. The van der Waals surface area contributed by atoms with Gasteiger partial charge in [0.05, 0.1) is 12.3 Å². The molecule has 0 spiro atoms. The Kier molecular flexibility index (Phi) is 9.64. The monoisotopic (exact) mass is 570 g/mol. The lowest BCUT2D eigenvalue weighted by atomic mass is 9.86. The van der Waals surface area contributed by atoms with Gasteiger partial charge in [0, 0.05) is 27.6 Å². The Balaban J connectivity index is 0.00000235. The van der Waals surface area contributed by atoms with E-state index in [-0.39, 0.29) is 32.4 Å². The maximum absolute atomic E-state index is 14.1. The van der Waals surface area contributed by atoms with Gasteiger partial charge in [-0.25, -0.2) is 0 Å². The number of Topliss-reactive ketones (excluding diaryl/α,β-unsaturated/α-hetero) is 1. The van der Waals surface area contributed by atoms with Crippen LogP contribution < -0.4 is 5.32 Å². The second-order valence-electron chi connectivity index (χ2n) is 7.83. The van der Waals surface area contributed by atoms with Crippen molar-refractivity contribution in [2.24, 2.45) is 5.16 Å². The predicted octanol–water partition coefficient (Wildman–Crippen LogP) is 7.16. The molecule has 5 nitrogen and oxygen atoms in total. The summed E-state index contributed by atoms with van der Waals surface area (Å²) in [5, 5.41) is 5.69. The van der Waals surface area contributed by atoms with Crippen molar-refractivity contribution in [3.63, 3.8) is 0 Å². The zero-order chi connectivity index (χ0) is 28.2. The fraction of sp³-hybridized carbons (Fsp3) is 0.375. The van der Waals surface area contributed by atoms with E-state index in [2.05, 4.69) is 10.5 Å². The minimum absolute atomic E-state index is 0.0203. The highest BCUT2D eigenvalue weighted by Gasteiger charge is 2.62. The highest BCUT2D eigenvalue weighted by Crippen LogP contribution is 2.49. The van der Waals surface area contributed by atoms with Crippen LogP contribution in [0.4, 0.5) is 26.3 Å². The van der Waals surface area contributed by atoms with Gasteiger partial charge in [-0.3, -0.25) is 9.59 Å². The second kappa shape index (κ2) is 11.7. The van der Waals surface area contributed by atoms with E-state index in [0.29, 0.717) is 5.56 Å². The van der Waals surface area contributed by atoms with Crippen LogP contribution in [-0.4, -0.2) is 36.3 Å². The van der Waals surface area contributed by atoms with E-state index in [0.717, 1.165) is 12.1 Å². The van der Waals surface area contributed by atoms with Crippen LogP contribution in [0.1, 0.15) is 53.7 Å². The highest BCUT2D eigenvalue weighted by molar-refractivity contribution is 6.34. The average Bonchev–Trinajstić information content (AvgIpc) is 3.24. The third kappa shape index (κ3) is 7.38. The molecule has 2 aromatic rings. The van der Waals surface area contributed by atoms with Crippen molar-refractivity contribution in [2.45, 2.75) is 51.6 Å². The van der Waals surface area contributed by atoms with Crippen molar-refractivity contribution >= 4 is 40.6 Å². The number of ketones is 1. The molecule has 0 saturated heterocycles. The molecule has 1 amide bonds. The number of benzene rings is 2. The van der Waals surface area contributed by atoms with Gasteiger partial charge in [-0.15, -0.1) is 0 Å². The molecule has 1 unspecified atom stereocenters. The van der Waals surface area contributed by atoms with Crippen LogP contribution >= 0.6 is 23.2 Å². The molecular weight excluding hydrogens is 549 g/mol. The van der Waals surface area contributed by atoms with Gasteiger partial charge in [0.2, 0.25) is 0 Å². The first-order valence-electron chi connectivity index (χ1n) is 10.9. The summed E-state index contributed by atoms with van der Waals surface area (Å²) in [4.78, 5) is 28.5. The number of amides is 1. The van der Waals surface area contributed by atoms with Gasteiger partial charge < -0.3 is 10.2 Å². The molecule has 202 valence electrons. The molecule has 0 aromatic heterocycles. The normalized spacial score (nSPS) is 17.3. The topological polar surface area (TPSA) is 67.8 Å². The van der Waals surface area contributed by atoms with Gasteiger partial charge in [-0.2, -0.15) is 26.3 Å². The number of hydrogen-bond acceptors (Lipinski definition) is 4. The Morgan fingerprint density at radius 3 is 2.14 bits per heavy atom. The van der Waals surface area contributed by atoms with Gasteiger partial charge in [-0.05, 0) is 48.4 Å². The van der Waals surface area contributed by atoms with Crippen molar-refractivity contribution in [1.82, 2.24) is 5.32 Å². The van der Waals surface area contributed by atoms with Crippen molar-refractivity contribution < 1.29 is 40.8 Å². The number of halogens is 8. The first-order valence-corrected chi connectivity index (χ1v) is 11.6. The maximum Gasteiger partial charge on any atom is 0.435 e. The number of rotatable bonds is 6. The van der Waals surface area contributed by atoms with E-state index in [4.69, 9.17) is 28.0 Å².